The van der Waals surface area contributed by atoms with Gasteiger partial charge >= 0.3 is 0 Å². The molecule has 8 nitrogen and oxygen atoms in total. The Bertz CT molecular complexity index is 951. The summed E-state index contributed by atoms with van der Waals surface area (Å²) in [6, 6.07) is 14.7. The van der Waals surface area contributed by atoms with Crippen LogP contribution in [0.25, 0.3) is 0 Å². The monoisotopic (exact) mass is 435 g/mol. The molecule has 0 aromatic heterocycles. The highest BCUT2D eigenvalue weighted by Gasteiger charge is 2.50. The van der Waals surface area contributed by atoms with Gasteiger partial charge < -0.3 is 24.1 Å². The highest BCUT2D eigenvalue weighted by molar-refractivity contribution is 7.89. The lowest BCUT2D eigenvalue weighted by Gasteiger charge is -2.47. The number of nitrogens with one attached hydrogen (secondary N) is 1. The molecule has 2 saturated heterocycles. The molecule has 9 heteroatoms. The molecule has 0 radical (unpaired) electrons. The number of benzene rings is 2. The maximum atomic E-state index is 12.9. The Hall–Kier alpha value is -1.85. The fraction of sp³-hybridized carbons (Fsp3) is 0.429. The van der Waals surface area contributed by atoms with Crippen molar-refractivity contribution in [3.63, 3.8) is 0 Å². The van der Waals surface area contributed by atoms with Gasteiger partial charge in [-0.3, -0.25) is 0 Å². The first-order valence-corrected chi connectivity index (χ1v) is 11.1. The molecule has 2 N–H and O–H groups in total. The van der Waals surface area contributed by atoms with Crippen LogP contribution in [0.15, 0.2) is 59.5 Å². The quantitative estimate of drug-likeness (QED) is 0.733. The third kappa shape index (κ3) is 4.28. The number of fused-ring (bicyclic) bond motifs is 1. The number of ether oxygens (including phenoxy) is 4. The standard InChI is InChI=1S/C21H25NO7S/c1-13-8-10-15(11-9-13)30(24,25)22-17-18(23)19-16(28-21(17)26-2)12-27-20(29-19)14-6-4-3-5-7-14/h3-11,16-23H,12H2,1-2H3/t16-,17-,18+,19-,20-,21+/m1/s1. The lowest BCUT2D eigenvalue weighted by molar-refractivity contribution is -0.340. The van der Waals surface area contributed by atoms with E-state index in [9.17, 15) is 13.5 Å². The summed E-state index contributed by atoms with van der Waals surface area (Å²) < 4.78 is 51.1. The molecule has 2 aromatic rings. The van der Waals surface area contributed by atoms with Crippen molar-refractivity contribution in [2.45, 2.75) is 48.8 Å². The maximum absolute atomic E-state index is 12.9. The van der Waals surface area contributed by atoms with Gasteiger partial charge in [-0.2, -0.15) is 0 Å². The van der Waals surface area contributed by atoms with Gasteiger partial charge in [0.25, 0.3) is 0 Å². The lowest BCUT2D eigenvalue weighted by Crippen LogP contribution is -2.66. The van der Waals surface area contributed by atoms with E-state index in [1.165, 1.54) is 19.2 Å². The van der Waals surface area contributed by atoms with Crippen molar-refractivity contribution in [1.29, 1.82) is 0 Å². The first-order valence-electron chi connectivity index (χ1n) is 9.66. The lowest BCUT2D eigenvalue weighted by atomic mass is 9.96. The van der Waals surface area contributed by atoms with Crippen LogP contribution in [-0.4, -0.2) is 57.9 Å². The van der Waals surface area contributed by atoms with Crippen molar-refractivity contribution >= 4 is 10.0 Å². The fourth-order valence-electron chi connectivity index (χ4n) is 3.66. The molecule has 6 atom stereocenters. The Morgan fingerprint density at radius 1 is 1.07 bits per heavy atom. The van der Waals surface area contributed by atoms with E-state index < -0.39 is 47.0 Å². The smallest absolute Gasteiger partial charge is 0.241 e. The largest absolute Gasteiger partial charge is 0.388 e. The Morgan fingerprint density at radius 2 is 1.77 bits per heavy atom. The van der Waals surface area contributed by atoms with Crippen LogP contribution in [0.5, 0.6) is 0 Å². The second-order valence-corrected chi connectivity index (χ2v) is 9.12. The molecule has 0 saturated carbocycles. The summed E-state index contributed by atoms with van der Waals surface area (Å²) in [4.78, 5) is 0.0901. The van der Waals surface area contributed by atoms with E-state index in [-0.39, 0.29) is 11.5 Å². The van der Waals surface area contributed by atoms with Crippen LogP contribution in [0.4, 0.5) is 0 Å². The minimum absolute atomic E-state index is 0.0901. The number of aryl methyl sites for hydroxylation is 1. The molecule has 30 heavy (non-hydrogen) atoms. The number of rotatable bonds is 5. The SMILES string of the molecule is CO[C@H]1O[C@@H]2CO[C@@H](c3ccccc3)O[C@H]2[C@@H](O)[C@H]1NS(=O)(=O)c1ccc(C)cc1. The van der Waals surface area contributed by atoms with Gasteiger partial charge in [0.15, 0.2) is 12.6 Å². The van der Waals surface area contributed by atoms with Crippen molar-refractivity contribution in [2.24, 2.45) is 0 Å². The van der Waals surface area contributed by atoms with E-state index in [0.717, 1.165) is 11.1 Å². The van der Waals surface area contributed by atoms with Crippen molar-refractivity contribution < 1.29 is 32.5 Å². The van der Waals surface area contributed by atoms with Crippen LogP contribution < -0.4 is 4.72 Å². The Kier molecular flexibility index (Phi) is 6.21. The van der Waals surface area contributed by atoms with Crippen LogP contribution in [0, 0.1) is 6.92 Å². The predicted octanol–water partition coefficient (Wildman–Crippen LogP) is 1.49. The molecule has 2 heterocycles. The molecular formula is C21H25NO7S. The van der Waals surface area contributed by atoms with Gasteiger partial charge in [-0.05, 0) is 19.1 Å². The van der Waals surface area contributed by atoms with E-state index in [0.29, 0.717) is 0 Å². The number of hydrogen-bond donors (Lipinski definition) is 2. The van der Waals surface area contributed by atoms with Gasteiger partial charge in [0, 0.05) is 12.7 Å². The van der Waals surface area contributed by atoms with Crippen molar-refractivity contribution in [2.75, 3.05) is 13.7 Å². The van der Waals surface area contributed by atoms with E-state index in [2.05, 4.69) is 4.72 Å². The minimum Gasteiger partial charge on any atom is -0.388 e. The zero-order valence-electron chi connectivity index (χ0n) is 16.7. The molecule has 2 aliphatic heterocycles. The second kappa shape index (κ2) is 8.72. The van der Waals surface area contributed by atoms with Crippen LogP contribution in [0.1, 0.15) is 17.4 Å². The molecule has 162 valence electrons. The van der Waals surface area contributed by atoms with Crippen LogP contribution in [0.3, 0.4) is 0 Å². The normalized spacial score (nSPS) is 31.8. The van der Waals surface area contributed by atoms with Crippen LogP contribution in [0.2, 0.25) is 0 Å². The van der Waals surface area contributed by atoms with Gasteiger partial charge in [0.1, 0.15) is 24.4 Å². The summed E-state index contributed by atoms with van der Waals surface area (Å²) in [6.45, 7) is 2.05. The first kappa shape index (κ1) is 21.4. The second-order valence-electron chi connectivity index (χ2n) is 7.41. The molecule has 0 aliphatic carbocycles. The number of aliphatic hydroxyl groups excluding tert-OH is 1. The summed E-state index contributed by atoms with van der Waals surface area (Å²) in [6.07, 6.45) is -4.27. The molecule has 0 bridgehead atoms. The topological polar surface area (TPSA) is 103 Å². The predicted molar refractivity (Wildman–Crippen MR) is 107 cm³/mol. The van der Waals surface area contributed by atoms with E-state index >= 15 is 0 Å². The summed E-state index contributed by atoms with van der Waals surface area (Å²) in [7, 11) is -2.52. The van der Waals surface area contributed by atoms with E-state index in [4.69, 9.17) is 18.9 Å². The molecule has 0 spiro atoms. The summed E-state index contributed by atoms with van der Waals surface area (Å²) in [5.74, 6) is 0. The molecule has 2 aromatic carbocycles. The first-order chi connectivity index (χ1) is 14.4. The van der Waals surface area contributed by atoms with Gasteiger partial charge in [0.05, 0.1) is 11.5 Å². The maximum Gasteiger partial charge on any atom is 0.241 e. The Morgan fingerprint density at radius 3 is 2.43 bits per heavy atom. The highest BCUT2D eigenvalue weighted by atomic mass is 32.2. The summed E-state index contributed by atoms with van der Waals surface area (Å²) >= 11 is 0. The zero-order chi connectivity index (χ0) is 21.3. The highest BCUT2D eigenvalue weighted by Crippen LogP contribution is 2.34. The molecule has 2 aliphatic rings. The average Bonchev–Trinajstić information content (AvgIpc) is 2.76. The van der Waals surface area contributed by atoms with Crippen molar-refractivity contribution in [3.8, 4) is 0 Å². The third-order valence-electron chi connectivity index (χ3n) is 5.29. The van der Waals surface area contributed by atoms with Gasteiger partial charge in [-0.15, -0.1) is 0 Å². The molecule has 0 amide bonds. The van der Waals surface area contributed by atoms with Crippen molar-refractivity contribution in [1.82, 2.24) is 4.72 Å². The van der Waals surface area contributed by atoms with Crippen molar-refractivity contribution in [3.05, 3.63) is 65.7 Å². The van der Waals surface area contributed by atoms with Gasteiger partial charge in [0.2, 0.25) is 10.0 Å². The van der Waals surface area contributed by atoms with Gasteiger partial charge in [-0.25, -0.2) is 13.1 Å². The molecule has 4 rings (SSSR count). The molecular weight excluding hydrogens is 410 g/mol. The third-order valence-corrected chi connectivity index (χ3v) is 6.77. The fourth-order valence-corrected chi connectivity index (χ4v) is 4.90. The number of hydrogen-bond acceptors (Lipinski definition) is 7. The molecule has 2 fully saturated rings. The summed E-state index contributed by atoms with van der Waals surface area (Å²) in [5.41, 5.74) is 1.74. The Labute approximate surface area is 175 Å². The average molecular weight is 435 g/mol. The van der Waals surface area contributed by atoms with Crippen LogP contribution in [-0.2, 0) is 29.0 Å². The number of aliphatic hydroxyl groups is 1. The zero-order valence-corrected chi connectivity index (χ0v) is 17.5. The molecule has 0 unspecified atom stereocenters. The minimum atomic E-state index is -3.91. The van der Waals surface area contributed by atoms with E-state index in [1.807, 2.05) is 37.3 Å². The van der Waals surface area contributed by atoms with Gasteiger partial charge in [-0.1, -0.05) is 48.0 Å². The number of sulfonamides is 1. The Balaban J connectivity index is 1.55. The van der Waals surface area contributed by atoms with Crippen LogP contribution >= 0.6 is 0 Å². The van der Waals surface area contributed by atoms with E-state index in [1.54, 1.807) is 12.1 Å². The summed E-state index contributed by atoms with van der Waals surface area (Å²) in [5, 5.41) is 11.0. The number of methoxy groups -OCH3 is 1.